The van der Waals surface area contributed by atoms with Crippen LogP contribution in [-0.4, -0.2) is 5.91 Å². The minimum absolute atomic E-state index is 0.0433. The number of carbonyl (C=O) groups excluding carboxylic acids is 1. The number of hydrogen-bond acceptors (Lipinski definition) is 1. The lowest BCUT2D eigenvalue weighted by atomic mass is 10.00. The number of hydrogen-bond donors (Lipinski definition) is 1. The molecule has 1 atom stereocenters. The fourth-order valence-corrected chi connectivity index (χ4v) is 1.91. The lowest BCUT2D eigenvalue weighted by molar-refractivity contribution is -0.117. The molecule has 18 heavy (non-hydrogen) atoms. The summed E-state index contributed by atoms with van der Waals surface area (Å²) in [6, 6.07) is 8.53. The van der Waals surface area contributed by atoms with Crippen molar-refractivity contribution < 1.29 is 4.79 Å². The zero-order valence-electron chi connectivity index (χ0n) is 11.7. The summed E-state index contributed by atoms with van der Waals surface area (Å²) in [4.78, 5) is 11.4. The Morgan fingerprint density at radius 2 is 1.83 bits per heavy atom. The Morgan fingerprint density at radius 3 is 2.33 bits per heavy atom. The third-order valence-electron chi connectivity index (χ3n) is 2.80. The van der Waals surface area contributed by atoms with Crippen molar-refractivity contribution in [1.82, 2.24) is 5.32 Å². The van der Waals surface area contributed by atoms with Gasteiger partial charge in [-0.25, -0.2) is 0 Å². The highest BCUT2D eigenvalue weighted by Gasteiger charge is 2.07. The Bertz CT molecular complexity index is 404. The number of carbonyl (C=O) groups is 1. The molecule has 1 aromatic rings. The molecule has 1 rings (SSSR count). The molecule has 0 saturated carbocycles. The second-order valence-corrected chi connectivity index (χ2v) is 5.07. The van der Waals surface area contributed by atoms with E-state index in [4.69, 9.17) is 0 Å². The van der Waals surface area contributed by atoms with Crippen LogP contribution in [0, 0.1) is 5.92 Å². The molecule has 0 aromatic heterocycles. The molecule has 98 valence electrons. The number of nitrogens with one attached hydrogen (secondary N) is 1. The van der Waals surface area contributed by atoms with Gasteiger partial charge >= 0.3 is 0 Å². The van der Waals surface area contributed by atoms with E-state index >= 15 is 0 Å². The largest absolute Gasteiger partial charge is 0.346 e. The summed E-state index contributed by atoms with van der Waals surface area (Å²) >= 11 is 0. The van der Waals surface area contributed by atoms with E-state index in [9.17, 15) is 4.79 Å². The summed E-state index contributed by atoms with van der Waals surface area (Å²) in [6.07, 6.45) is 4.39. The predicted octanol–water partition coefficient (Wildman–Crippen LogP) is 3.64. The molecule has 0 aliphatic heterocycles. The molecule has 0 aliphatic carbocycles. The second-order valence-electron chi connectivity index (χ2n) is 5.07. The normalized spacial score (nSPS) is 12.9. The fraction of sp³-hybridized carbons (Fsp3) is 0.438. The van der Waals surface area contributed by atoms with Crippen LogP contribution in [0.25, 0.3) is 0 Å². The minimum Gasteiger partial charge on any atom is -0.346 e. The Labute approximate surface area is 110 Å². The molecular formula is C16H23NO. The standard InChI is InChI=1S/C16H23NO/c1-5-6-16(18)17-13(4)15-9-7-14(8-10-15)11-12(2)3/h5-10,12-13H,11H2,1-4H3,(H,17,18)/b6-5+/t13-/m0/s1. The van der Waals surface area contributed by atoms with Crippen molar-refractivity contribution in [3.8, 4) is 0 Å². The molecule has 1 aromatic carbocycles. The molecule has 1 amide bonds. The van der Waals surface area contributed by atoms with Gasteiger partial charge in [0.05, 0.1) is 6.04 Å². The van der Waals surface area contributed by atoms with Crippen LogP contribution in [-0.2, 0) is 11.2 Å². The minimum atomic E-state index is -0.0451. The van der Waals surface area contributed by atoms with Gasteiger partial charge in [0.1, 0.15) is 0 Å². The van der Waals surface area contributed by atoms with Crippen molar-refractivity contribution in [1.29, 1.82) is 0 Å². The smallest absolute Gasteiger partial charge is 0.244 e. The van der Waals surface area contributed by atoms with Crippen molar-refractivity contribution in [2.24, 2.45) is 5.92 Å². The molecule has 0 bridgehead atoms. The molecule has 0 heterocycles. The van der Waals surface area contributed by atoms with Crippen LogP contribution in [0.1, 0.15) is 44.9 Å². The molecular weight excluding hydrogens is 222 g/mol. The van der Waals surface area contributed by atoms with Crippen LogP contribution in [0.4, 0.5) is 0 Å². The van der Waals surface area contributed by atoms with Crippen LogP contribution in [0.15, 0.2) is 36.4 Å². The molecule has 2 nitrogen and oxygen atoms in total. The van der Waals surface area contributed by atoms with Crippen molar-refractivity contribution in [3.63, 3.8) is 0 Å². The summed E-state index contributed by atoms with van der Waals surface area (Å²) in [7, 11) is 0. The van der Waals surface area contributed by atoms with Crippen molar-refractivity contribution >= 4 is 5.91 Å². The topological polar surface area (TPSA) is 29.1 Å². The molecule has 0 unspecified atom stereocenters. The second kappa shape index (κ2) is 7.00. The van der Waals surface area contributed by atoms with E-state index in [0.717, 1.165) is 12.0 Å². The Kier molecular flexibility index (Phi) is 5.63. The first kappa shape index (κ1) is 14.5. The van der Waals surface area contributed by atoms with Gasteiger partial charge in [-0.2, -0.15) is 0 Å². The maximum Gasteiger partial charge on any atom is 0.244 e. The quantitative estimate of drug-likeness (QED) is 0.788. The predicted molar refractivity (Wildman–Crippen MR) is 76.4 cm³/mol. The monoisotopic (exact) mass is 245 g/mol. The van der Waals surface area contributed by atoms with E-state index < -0.39 is 0 Å². The third-order valence-corrected chi connectivity index (χ3v) is 2.80. The average Bonchev–Trinajstić information content (AvgIpc) is 2.29. The van der Waals surface area contributed by atoms with E-state index in [2.05, 4.69) is 43.4 Å². The fourth-order valence-electron chi connectivity index (χ4n) is 1.91. The molecule has 0 aliphatic rings. The summed E-state index contributed by atoms with van der Waals surface area (Å²) in [5.41, 5.74) is 2.49. The summed E-state index contributed by atoms with van der Waals surface area (Å²) in [5.74, 6) is 0.624. The Hall–Kier alpha value is -1.57. The number of benzene rings is 1. The van der Waals surface area contributed by atoms with Gasteiger partial charge < -0.3 is 5.32 Å². The maximum atomic E-state index is 11.4. The highest BCUT2D eigenvalue weighted by atomic mass is 16.1. The van der Waals surface area contributed by atoms with E-state index in [1.54, 1.807) is 12.2 Å². The molecule has 1 N–H and O–H groups in total. The molecule has 0 spiro atoms. The number of allylic oxidation sites excluding steroid dienone is 1. The zero-order valence-corrected chi connectivity index (χ0v) is 11.7. The van der Waals surface area contributed by atoms with Crippen LogP contribution in [0.5, 0.6) is 0 Å². The third kappa shape index (κ3) is 4.74. The van der Waals surface area contributed by atoms with Gasteiger partial charge in [-0.1, -0.05) is 44.2 Å². The van der Waals surface area contributed by atoms with Gasteiger partial charge in [0.25, 0.3) is 0 Å². The first-order valence-electron chi connectivity index (χ1n) is 6.55. The zero-order chi connectivity index (χ0) is 13.5. The Balaban J connectivity index is 2.64. The molecule has 2 heteroatoms. The van der Waals surface area contributed by atoms with Crippen LogP contribution >= 0.6 is 0 Å². The highest BCUT2D eigenvalue weighted by Crippen LogP contribution is 2.15. The van der Waals surface area contributed by atoms with E-state index in [-0.39, 0.29) is 11.9 Å². The summed E-state index contributed by atoms with van der Waals surface area (Å²) in [5, 5.41) is 2.93. The molecule has 0 saturated heterocycles. The van der Waals surface area contributed by atoms with Crippen LogP contribution in [0.3, 0.4) is 0 Å². The van der Waals surface area contributed by atoms with Gasteiger partial charge in [-0.15, -0.1) is 0 Å². The van der Waals surface area contributed by atoms with Crippen molar-refractivity contribution in [2.45, 2.75) is 40.2 Å². The maximum absolute atomic E-state index is 11.4. The molecule has 0 radical (unpaired) electrons. The SMILES string of the molecule is C/C=C/C(=O)N[C@@H](C)c1ccc(CC(C)C)cc1. The lowest BCUT2D eigenvalue weighted by Gasteiger charge is -2.14. The van der Waals surface area contributed by atoms with E-state index in [1.807, 2.05) is 13.8 Å². The van der Waals surface area contributed by atoms with Gasteiger partial charge in [-0.3, -0.25) is 4.79 Å². The summed E-state index contributed by atoms with van der Waals surface area (Å²) in [6.45, 7) is 8.27. The van der Waals surface area contributed by atoms with Gasteiger partial charge in [0, 0.05) is 0 Å². The summed E-state index contributed by atoms with van der Waals surface area (Å²) < 4.78 is 0. The van der Waals surface area contributed by atoms with Crippen LogP contribution < -0.4 is 5.32 Å². The average molecular weight is 245 g/mol. The highest BCUT2D eigenvalue weighted by molar-refractivity contribution is 5.87. The van der Waals surface area contributed by atoms with Crippen LogP contribution in [0.2, 0.25) is 0 Å². The lowest BCUT2D eigenvalue weighted by Crippen LogP contribution is -2.24. The number of amides is 1. The number of rotatable bonds is 5. The first-order valence-corrected chi connectivity index (χ1v) is 6.55. The van der Waals surface area contributed by atoms with Crippen molar-refractivity contribution in [3.05, 3.63) is 47.5 Å². The first-order chi connectivity index (χ1) is 8.52. The molecule has 0 fully saturated rings. The van der Waals surface area contributed by atoms with Gasteiger partial charge in [0.2, 0.25) is 5.91 Å². The van der Waals surface area contributed by atoms with Crippen molar-refractivity contribution in [2.75, 3.05) is 0 Å². The van der Waals surface area contributed by atoms with Gasteiger partial charge in [0.15, 0.2) is 0 Å². The van der Waals surface area contributed by atoms with Gasteiger partial charge in [-0.05, 0) is 43.4 Å². The van der Waals surface area contributed by atoms with E-state index in [1.165, 1.54) is 5.56 Å². The van der Waals surface area contributed by atoms with E-state index in [0.29, 0.717) is 5.92 Å². The Morgan fingerprint density at radius 1 is 1.22 bits per heavy atom.